The number of aryl methyl sites for hydroxylation is 1. The van der Waals surface area contributed by atoms with E-state index in [2.05, 4.69) is 42.5 Å². The van der Waals surface area contributed by atoms with Gasteiger partial charge in [0.05, 0.1) is 0 Å². The van der Waals surface area contributed by atoms with Crippen molar-refractivity contribution in [2.24, 2.45) is 0 Å². The van der Waals surface area contributed by atoms with Crippen LogP contribution in [0.2, 0.25) is 0 Å². The Morgan fingerprint density at radius 2 is 1.52 bits per heavy atom. The Hall–Kier alpha value is -1.66. The Morgan fingerprint density at radius 1 is 0.905 bits per heavy atom. The molecule has 0 aliphatic carbocycles. The van der Waals surface area contributed by atoms with Crippen LogP contribution in [-0.2, 0) is 9.59 Å². The first kappa shape index (κ1) is 15.7. The lowest BCUT2D eigenvalue weighted by Crippen LogP contribution is -2.29. The normalized spacial score (nSPS) is 10.0. The number of amides is 2. The Balaban J connectivity index is 2.02. The first-order valence-corrected chi connectivity index (χ1v) is 7.68. The van der Waals surface area contributed by atoms with E-state index < -0.39 is 11.8 Å². The van der Waals surface area contributed by atoms with Gasteiger partial charge in [0.1, 0.15) is 0 Å². The Bertz CT molecular complexity index is 702. The molecule has 0 radical (unpaired) electrons. The maximum atomic E-state index is 11.9. The molecule has 0 saturated heterocycles. The fourth-order valence-corrected chi connectivity index (χ4v) is 2.31. The molecule has 108 valence electrons. The molecule has 21 heavy (non-hydrogen) atoms. The van der Waals surface area contributed by atoms with Crippen molar-refractivity contribution in [1.29, 1.82) is 0 Å². The number of hydrogen-bond acceptors (Lipinski definition) is 2. The molecule has 0 bridgehead atoms. The summed E-state index contributed by atoms with van der Waals surface area (Å²) < 4.78 is 1.77. The molecule has 6 heteroatoms. The zero-order chi connectivity index (χ0) is 15.4. The zero-order valence-electron chi connectivity index (χ0n) is 11.1. The number of rotatable bonds is 2. The molecule has 2 aromatic carbocycles. The lowest BCUT2D eigenvalue weighted by Gasteiger charge is -2.08. The topological polar surface area (TPSA) is 58.2 Å². The molecule has 0 saturated carbocycles. The summed E-state index contributed by atoms with van der Waals surface area (Å²) in [6, 6.07) is 12.4. The third-order valence-electron chi connectivity index (χ3n) is 2.70. The van der Waals surface area contributed by atoms with Gasteiger partial charge < -0.3 is 10.6 Å². The van der Waals surface area contributed by atoms with Crippen molar-refractivity contribution in [1.82, 2.24) is 0 Å². The molecule has 0 unspecified atom stereocenters. The van der Waals surface area contributed by atoms with Crippen LogP contribution in [0.15, 0.2) is 51.4 Å². The predicted molar refractivity (Wildman–Crippen MR) is 90.3 cm³/mol. The van der Waals surface area contributed by atoms with Crippen molar-refractivity contribution < 1.29 is 9.59 Å². The molecule has 0 atom stereocenters. The number of benzene rings is 2. The van der Waals surface area contributed by atoms with E-state index in [1.807, 2.05) is 19.1 Å². The molecule has 2 N–H and O–H groups in total. The van der Waals surface area contributed by atoms with Gasteiger partial charge in [-0.05, 0) is 48.9 Å². The van der Waals surface area contributed by atoms with Crippen molar-refractivity contribution in [2.45, 2.75) is 6.92 Å². The van der Waals surface area contributed by atoms with Crippen LogP contribution in [0, 0.1) is 6.92 Å². The molecule has 2 rings (SSSR count). The van der Waals surface area contributed by atoms with E-state index in [0.29, 0.717) is 11.4 Å². The third-order valence-corrected chi connectivity index (χ3v) is 4.09. The van der Waals surface area contributed by atoms with Crippen LogP contribution in [0.1, 0.15) is 5.56 Å². The highest BCUT2D eigenvalue weighted by atomic mass is 79.9. The van der Waals surface area contributed by atoms with Gasteiger partial charge in [-0.2, -0.15) is 0 Å². The summed E-state index contributed by atoms with van der Waals surface area (Å²) in [6.45, 7) is 1.90. The largest absolute Gasteiger partial charge is 0.318 e. The SMILES string of the molecule is Cc1cc(NC(=O)C(=O)Nc2cccc(Br)c2)ccc1Br. The van der Waals surface area contributed by atoms with Crippen LogP contribution < -0.4 is 10.6 Å². The molecule has 0 heterocycles. The van der Waals surface area contributed by atoms with Gasteiger partial charge in [-0.3, -0.25) is 9.59 Å². The summed E-state index contributed by atoms with van der Waals surface area (Å²) in [6.07, 6.45) is 0. The lowest BCUT2D eigenvalue weighted by molar-refractivity contribution is -0.132. The third kappa shape index (κ3) is 4.41. The fourth-order valence-electron chi connectivity index (χ4n) is 1.66. The Morgan fingerprint density at radius 3 is 2.10 bits per heavy atom. The molecule has 4 nitrogen and oxygen atoms in total. The smallest absolute Gasteiger partial charge is 0.314 e. The van der Waals surface area contributed by atoms with Crippen molar-refractivity contribution in [3.05, 3.63) is 57.0 Å². The van der Waals surface area contributed by atoms with Gasteiger partial charge in [0.25, 0.3) is 0 Å². The first-order valence-electron chi connectivity index (χ1n) is 6.10. The Labute approximate surface area is 139 Å². The average molecular weight is 412 g/mol. The second-order valence-electron chi connectivity index (χ2n) is 4.38. The quantitative estimate of drug-likeness (QED) is 0.731. The second-order valence-corrected chi connectivity index (χ2v) is 6.15. The van der Waals surface area contributed by atoms with Gasteiger partial charge in [0, 0.05) is 20.3 Å². The van der Waals surface area contributed by atoms with Crippen molar-refractivity contribution in [3.63, 3.8) is 0 Å². The fraction of sp³-hybridized carbons (Fsp3) is 0.0667. The Kier molecular flexibility index (Phi) is 5.14. The van der Waals surface area contributed by atoms with Gasteiger partial charge in [0.2, 0.25) is 0 Å². The van der Waals surface area contributed by atoms with Gasteiger partial charge in [-0.1, -0.05) is 37.9 Å². The van der Waals surface area contributed by atoms with Crippen LogP contribution in [0.5, 0.6) is 0 Å². The number of nitrogens with one attached hydrogen (secondary N) is 2. The molecule has 2 amide bonds. The molecule has 0 spiro atoms. The lowest BCUT2D eigenvalue weighted by atomic mass is 10.2. The van der Waals surface area contributed by atoms with E-state index in [-0.39, 0.29) is 0 Å². The zero-order valence-corrected chi connectivity index (χ0v) is 14.3. The van der Waals surface area contributed by atoms with Crippen LogP contribution >= 0.6 is 31.9 Å². The number of halogens is 2. The van der Waals surface area contributed by atoms with E-state index >= 15 is 0 Å². The molecule has 0 aliphatic rings. The van der Waals surface area contributed by atoms with Crippen LogP contribution in [0.4, 0.5) is 11.4 Å². The monoisotopic (exact) mass is 410 g/mol. The number of anilines is 2. The van der Waals surface area contributed by atoms with Crippen molar-refractivity contribution >= 4 is 55.0 Å². The van der Waals surface area contributed by atoms with Crippen molar-refractivity contribution in [2.75, 3.05) is 10.6 Å². The summed E-state index contributed by atoms with van der Waals surface area (Å²) in [7, 11) is 0. The maximum Gasteiger partial charge on any atom is 0.314 e. The van der Waals surface area contributed by atoms with E-state index in [1.54, 1.807) is 30.3 Å². The molecular weight excluding hydrogens is 400 g/mol. The minimum absolute atomic E-state index is 0.552. The van der Waals surface area contributed by atoms with Crippen LogP contribution in [-0.4, -0.2) is 11.8 Å². The van der Waals surface area contributed by atoms with E-state index in [0.717, 1.165) is 14.5 Å². The van der Waals surface area contributed by atoms with Gasteiger partial charge >= 0.3 is 11.8 Å². The van der Waals surface area contributed by atoms with Gasteiger partial charge in [-0.15, -0.1) is 0 Å². The van der Waals surface area contributed by atoms with Crippen molar-refractivity contribution in [3.8, 4) is 0 Å². The van der Waals surface area contributed by atoms with E-state index in [1.165, 1.54) is 0 Å². The number of carbonyl (C=O) groups is 2. The average Bonchev–Trinajstić information content (AvgIpc) is 2.43. The number of hydrogen-bond donors (Lipinski definition) is 2. The van der Waals surface area contributed by atoms with Gasteiger partial charge in [0.15, 0.2) is 0 Å². The highest BCUT2D eigenvalue weighted by Gasteiger charge is 2.14. The summed E-state index contributed by atoms with van der Waals surface area (Å²) >= 11 is 6.68. The van der Waals surface area contributed by atoms with Gasteiger partial charge in [-0.25, -0.2) is 0 Å². The summed E-state index contributed by atoms with van der Waals surface area (Å²) in [4.78, 5) is 23.7. The minimum atomic E-state index is -0.714. The van der Waals surface area contributed by atoms with Crippen LogP contribution in [0.25, 0.3) is 0 Å². The molecule has 0 aliphatic heterocycles. The van der Waals surface area contributed by atoms with E-state index in [9.17, 15) is 9.59 Å². The molecule has 0 aromatic heterocycles. The summed E-state index contributed by atoms with van der Waals surface area (Å²) in [5.41, 5.74) is 2.10. The molecule has 0 fully saturated rings. The molecule has 2 aromatic rings. The van der Waals surface area contributed by atoms with Crippen LogP contribution in [0.3, 0.4) is 0 Å². The standard InChI is InChI=1S/C15H12Br2N2O2/c1-9-7-12(5-6-13(9)17)19-15(21)14(20)18-11-4-2-3-10(16)8-11/h2-8H,1H3,(H,18,20)(H,19,21). The highest BCUT2D eigenvalue weighted by Crippen LogP contribution is 2.20. The minimum Gasteiger partial charge on any atom is -0.318 e. The second kappa shape index (κ2) is 6.87. The highest BCUT2D eigenvalue weighted by molar-refractivity contribution is 9.10. The summed E-state index contributed by atoms with van der Waals surface area (Å²) in [5.74, 6) is -1.43. The van der Waals surface area contributed by atoms with E-state index in [4.69, 9.17) is 0 Å². The first-order chi connectivity index (χ1) is 9.95. The number of carbonyl (C=O) groups excluding carboxylic acids is 2. The molecular formula is C15H12Br2N2O2. The summed E-state index contributed by atoms with van der Waals surface area (Å²) in [5, 5.41) is 5.10. The predicted octanol–water partition coefficient (Wildman–Crippen LogP) is 4.10. The maximum absolute atomic E-state index is 11.9.